The van der Waals surface area contributed by atoms with E-state index >= 15 is 0 Å². The molecule has 0 unspecified atom stereocenters. The number of methoxy groups -OCH3 is 1. The summed E-state index contributed by atoms with van der Waals surface area (Å²) in [6.45, 7) is 8.25. The maximum atomic E-state index is 6.23. The van der Waals surface area contributed by atoms with Gasteiger partial charge in [-0.15, -0.1) is 0 Å². The third-order valence-electron chi connectivity index (χ3n) is 5.18. The molecule has 2 heterocycles. The van der Waals surface area contributed by atoms with E-state index in [2.05, 4.69) is 27.7 Å². The van der Waals surface area contributed by atoms with E-state index in [1.165, 1.54) is 0 Å². The number of rotatable bonds is 4. The van der Waals surface area contributed by atoms with Gasteiger partial charge in [0, 0.05) is 0 Å². The van der Waals surface area contributed by atoms with Crippen molar-refractivity contribution in [2.45, 2.75) is 57.8 Å². The summed E-state index contributed by atoms with van der Waals surface area (Å²) in [4.78, 5) is 0. The topological polar surface area (TPSA) is 36.9 Å². The third-order valence-corrected chi connectivity index (χ3v) is 6.22. The molecular weight excluding hydrogens is 323 g/mol. The molecule has 0 atom stereocenters. The van der Waals surface area contributed by atoms with E-state index in [1.54, 1.807) is 7.11 Å². The molecule has 0 amide bonds. The Kier molecular flexibility index (Phi) is 5.10. The lowest BCUT2D eigenvalue weighted by Crippen LogP contribution is -2.41. The number of ether oxygens (including phenoxy) is 2. The van der Waals surface area contributed by atoms with Crippen LogP contribution in [0.25, 0.3) is 0 Å². The second-order valence-corrected chi connectivity index (χ2v) is 8.65. The lowest BCUT2D eigenvalue weighted by atomic mass is 9.79. The summed E-state index contributed by atoms with van der Waals surface area (Å²) in [6, 6.07) is 5.93. The summed E-state index contributed by atoms with van der Waals surface area (Å²) in [7, 11) is 1.29. The van der Waals surface area contributed by atoms with Gasteiger partial charge in [0.05, 0.1) is 18.3 Å². The molecule has 2 fully saturated rings. The number of hydrogen-bond acceptors (Lipinski definition) is 5. The van der Waals surface area contributed by atoms with Gasteiger partial charge in [0.2, 0.25) is 0 Å². The maximum absolute atomic E-state index is 6.23. The molecule has 24 heavy (non-hydrogen) atoms. The van der Waals surface area contributed by atoms with Crippen LogP contribution in [-0.4, -0.2) is 43.0 Å². The molecule has 2 aliphatic heterocycles. The van der Waals surface area contributed by atoms with Crippen LogP contribution in [0, 0.1) is 0 Å². The molecule has 0 aliphatic carbocycles. The molecule has 2 aliphatic rings. The van der Waals surface area contributed by atoms with Crippen LogP contribution < -0.4 is 14.9 Å². The largest absolute Gasteiger partial charge is 0.494 e. The molecule has 4 nitrogen and oxygen atoms in total. The number of hydrogen-bond donors (Lipinski definition) is 0. The van der Waals surface area contributed by atoms with Crippen LogP contribution in [0.3, 0.4) is 0 Å². The maximum Gasteiger partial charge on any atom is 0.494 e. The van der Waals surface area contributed by atoms with E-state index in [1.807, 2.05) is 30.0 Å². The lowest BCUT2D eigenvalue weighted by molar-refractivity contribution is 0.00578. The number of thioether (sulfide) groups is 1. The molecular formula is C18H27BO4S. The predicted octanol–water partition coefficient (Wildman–Crippen LogP) is 3.27. The first-order chi connectivity index (χ1) is 11.3. The fourth-order valence-electron chi connectivity index (χ4n) is 2.88. The Balaban J connectivity index is 1.81. The van der Waals surface area contributed by atoms with Gasteiger partial charge in [0.15, 0.2) is 11.5 Å². The van der Waals surface area contributed by atoms with Gasteiger partial charge in [-0.2, -0.15) is 11.8 Å². The zero-order chi connectivity index (χ0) is 17.4. The van der Waals surface area contributed by atoms with E-state index in [4.69, 9.17) is 18.8 Å². The highest BCUT2D eigenvalue weighted by Crippen LogP contribution is 2.37. The summed E-state index contributed by atoms with van der Waals surface area (Å²) in [5.41, 5.74) is 0.271. The summed E-state index contributed by atoms with van der Waals surface area (Å²) < 4.78 is 24.0. The van der Waals surface area contributed by atoms with Crippen molar-refractivity contribution in [1.29, 1.82) is 0 Å². The minimum absolute atomic E-state index is 0.258. The Morgan fingerprint density at radius 1 is 1.04 bits per heavy atom. The molecule has 0 radical (unpaired) electrons. The summed E-state index contributed by atoms with van der Waals surface area (Å²) in [5, 5.41) is 0. The molecule has 1 aromatic rings. The van der Waals surface area contributed by atoms with Crippen molar-refractivity contribution in [1.82, 2.24) is 0 Å². The zero-order valence-corrected chi connectivity index (χ0v) is 16.1. The fraction of sp³-hybridized carbons (Fsp3) is 0.667. The zero-order valence-electron chi connectivity index (χ0n) is 15.3. The molecule has 2 saturated heterocycles. The molecule has 3 rings (SSSR count). The molecule has 0 bridgehead atoms. The second-order valence-electron chi connectivity index (χ2n) is 7.43. The first-order valence-electron chi connectivity index (χ1n) is 8.60. The van der Waals surface area contributed by atoms with Crippen LogP contribution in [0.5, 0.6) is 11.5 Å². The Morgan fingerprint density at radius 3 is 2.25 bits per heavy atom. The Bertz CT molecular complexity index is 568. The molecule has 0 spiro atoms. The molecule has 0 saturated carbocycles. The monoisotopic (exact) mass is 350 g/mol. The van der Waals surface area contributed by atoms with Crippen molar-refractivity contribution in [3.8, 4) is 11.5 Å². The molecule has 132 valence electrons. The van der Waals surface area contributed by atoms with Crippen molar-refractivity contribution in [3.63, 3.8) is 0 Å². The fourth-order valence-corrected chi connectivity index (χ4v) is 3.95. The van der Waals surface area contributed by atoms with E-state index in [9.17, 15) is 0 Å². The van der Waals surface area contributed by atoms with Gasteiger partial charge in [-0.25, -0.2) is 0 Å². The normalized spacial score (nSPS) is 23.3. The van der Waals surface area contributed by atoms with E-state index in [0.29, 0.717) is 0 Å². The summed E-state index contributed by atoms with van der Waals surface area (Å²) in [6.07, 6.45) is 2.41. The SMILES string of the molecule is COc1ccc(B2OC(C)(C)C(C)(C)O2)cc1OC1CCSCC1. The van der Waals surface area contributed by atoms with Crippen LogP contribution >= 0.6 is 11.8 Å². The smallest absolute Gasteiger partial charge is 0.493 e. The van der Waals surface area contributed by atoms with Crippen molar-refractivity contribution in [2.24, 2.45) is 0 Å². The van der Waals surface area contributed by atoms with Gasteiger partial charge >= 0.3 is 7.12 Å². The highest BCUT2D eigenvalue weighted by molar-refractivity contribution is 7.99. The molecule has 0 aromatic heterocycles. The van der Waals surface area contributed by atoms with Crippen molar-refractivity contribution in [2.75, 3.05) is 18.6 Å². The third kappa shape index (κ3) is 3.56. The Labute approximate surface area is 149 Å². The first-order valence-corrected chi connectivity index (χ1v) is 9.76. The molecule has 6 heteroatoms. The summed E-state index contributed by atoms with van der Waals surface area (Å²) in [5.74, 6) is 3.85. The first kappa shape index (κ1) is 18.0. The van der Waals surface area contributed by atoms with Crippen LogP contribution in [0.2, 0.25) is 0 Å². The van der Waals surface area contributed by atoms with Crippen LogP contribution in [0.15, 0.2) is 18.2 Å². The lowest BCUT2D eigenvalue weighted by Gasteiger charge is -2.32. The van der Waals surface area contributed by atoms with E-state index in [-0.39, 0.29) is 24.4 Å². The Morgan fingerprint density at radius 2 is 1.67 bits per heavy atom. The van der Waals surface area contributed by atoms with Crippen molar-refractivity contribution < 1.29 is 18.8 Å². The van der Waals surface area contributed by atoms with Crippen LogP contribution in [0.1, 0.15) is 40.5 Å². The van der Waals surface area contributed by atoms with Crippen molar-refractivity contribution >= 4 is 24.3 Å². The average molecular weight is 350 g/mol. The molecule has 1 aromatic carbocycles. The van der Waals surface area contributed by atoms with Crippen LogP contribution in [-0.2, 0) is 9.31 Å². The van der Waals surface area contributed by atoms with Gasteiger partial charge in [0.25, 0.3) is 0 Å². The van der Waals surface area contributed by atoms with Gasteiger partial charge in [0.1, 0.15) is 6.10 Å². The highest BCUT2D eigenvalue weighted by Gasteiger charge is 2.51. The predicted molar refractivity (Wildman–Crippen MR) is 99.7 cm³/mol. The highest BCUT2D eigenvalue weighted by atomic mass is 32.2. The van der Waals surface area contributed by atoms with Gasteiger partial charge in [-0.3, -0.25) is 0 Å². The number of benzene rings is 1. The Hall–Kier alpha value is -0.845. The average Bonchev–Trinajstić information content (AvgIpc) is 2.76. The second kappa shape index (κ2) is 6.81. The standard InChI is InChI=1S/C18H27BO4S/c1-17(2)18(3,4)23-19(22-17)13-6-7-15(20-5)16(12-13)21-14-8-10-24-11-9-14/h6-7,12,14H,8-11H2,1-5H3. The summed E-state index contributed by atoms with van der Waals surface area (Å²) >= 11 is 1.99. The van der Waals surface area contributed by atoms with Crippen molar-refractivity contribution in [3.05, 3.63) is 18.2 Å². The van der Waals surface area contributed by atoms with E-state index in [0.717, 1.165) is 41.3 Å². The van der Waals surface area contributed by atoms with Crippen LogP contribution in [0.4, 0.5) is 0 Å². The quantitative estimate of drug-likeness (QED) is 0.779. The van der Waals surface area contributed by atoms with Gasteiger partial charge in [-0.1, -0.05) is 6.07 Å². The van der Waals surface area contributed by atoms with Gasteiger partial charge < -0.3 is 18.8 Å². The minimum Gasteiger partial charge on any atom is -0.493 e. The minimum atomic E-state index is -0.384. The van der Waals surface area contributed by atoms with Gasteiger partial charge in [-0.05, 0) is 69.6 Å². The van der Waals surface area contributed by atoms with E-state index < -0.39 is 0 Å². The molecule has 0 N–H and O–H groups in total.